The van der Waals surface area contributed by atoms with Gasteiger partial charge in [-0.2, -0.15) is 9.81 Å². The SMILES string of the molecule is C=C(C(=C)c1ccc(CN=O)cc1)c1ccc(CN=O)cc1. The van der Waals surface area contributed by atoms with Gasteiger partial charge < -0.3 is 0 Å². The highest BCUT2D eigenvalue weighted by atomic mass is 16.3. The number of benzene rings is 2. The Morgan fingerprint density at radius 3 is 1.27 bits per heavy atom. The molecule has 0 aliphatic heterocycles. The number of allylic oxidation sites excluding steroid dienone is 2. The van der Waals surface area contributed by atoms with Gasteiger partial charge in [-0.3, -0.25) is 0 Å². The van der Waals surface area contributed by atoms with Crippen LogP contribution in [0.2, 0.25) is 0 Å². The fraction of sp³-hybridized carbons (Fsp3) is 0.111. The Kier molecular flexibility index (Phi) is 5.09. The van der Waals surface area contributed by atoms with Crippen LogP contribution in [0.3, 0.4) is 0 Å². The van der Waals surface area contributed by atoms with Gasteiger partial charge in [0, 0.05) is 0 Å². The first-order valence-corrected chi connectivity index (χ1v) is 6.80. The molecule has 2 rings (SSSR count). The molecule has 0 amide bonds. The molecule has 0 bridgehead atoms. The second-order valence-corrected chi connectivity index (χ2v) is 4.93. The zero-order valence-electron chi connectivity index (χ0n) is 12.2. The second kappa shape index (κ2) is 7.22. The van der Waals surface area contributed by atoms with Crippen molar-refractivity contribution in [2.45, 2.75) is 13.1 Å². The van der Waals surface area contributed by atoms with Gasteiger partial charge in [0.15, 0.2) is 0 Å². The van der Waals surface area contributed by atoms with Crippen molar-refractivity contribution < 1.29 is 0 Å². The van der Waals surface area contributed by atoms with E-state index in [1.54, 1.807) is 0 Å². The molecule has 0 N–H and O–H groups in total. The quantitative estimate of drug-likeness (QED) is 0.535. The molecular weight excluding hydrogens is 276 g/mol. The predicted molar refractivity (Wildman–Crippen MR) is 90.0 cm³/mol. The summed E-state index contributed by atoms with van der Waals surface area (Å²) in [6.07, 6.45) is 0. The van der Waals surface area contributed by atoms with Crippen molar-refractivity contribution in [3.63, 3.8) is 0 Å². The molecule has 0 spiro atoms. The minimum absolute atomic E-state index is 0.167. The lowest BCUT2D eigenvalue weighted by atomic mass is 9.94. The fourth-order valence-electron chi connectivity index (χ4n) is 2.12. The van der Waals surface area contributed by atoms with E-state index in [0.717, 1.165) is 33.4 Å². The van der Waals surface area contributed by atoms with Crippen molar-refractivity contribution in [1.29, 1.82) is 0 Å². The van der Waals surface area contributed by atoms with E-state index in [-0.39, 0.29) is 13.1 Å². The van der Waals surface area contributed by atoms with Crippen LogP contribution in [0.4, 0.5) is 0 Å². The third kappa shape index (κ3) is 3.61. The Bertz CT molecular complexity index is 637. The van der Waals surface area contributed by atoms with Crippen LogP contribution in [-0.2, 0) is 13.1 Å². The van der Waals surface area contributed by atoms with Crippen LogP contribution in [0, 0.1) is 9.81 Å². The lowest BCUT2D eigenvalue weighted by Gasteiger charge is -2.11. The van der Waals surface area contributed by atoms with Crippen molar-refractivity contribution in [3.8, 4) is 0 Å². The van der Waals surface area contributed by atoms with Crippen LogP contribution in [-0.4, -0.2) is 0 Å². The van der Waals surface area contributed by atoms with Gasteiger partial charge in [0.2, 0.25) is 0 Å². The molecule has 4 heteroatoms. The van der Waals surface area contributed by atoms with E-state index in [0.29, 0.717) is 0 Å². The van der Waals surface area contributed by atoms with Gasteiger partial charge in [-0.1, -0.05) is 72.0 Å². The molecule has 22 heavy (non-hydrogen) atoms. The minimum Gasteiger partial charge on any atom is -0.150 e. The normalized spacial score (nSPS) is 10.0. The maximum absolute atomic E-state index is 10.3. The Labute approximate surface area is 129 Å². The zero-order chi connectivity index (χ0) is 15.9. The summed E-state index contributed by atoms with van der Waals surface area (Å²) >= 11 is 0. The van der Waals surface area contributed by atoms with E-state index in [9.17, 15) is 9.81 Å². The highest BCUT2D eigenvalue weighted by Gasteiger charge is 2.07. The molecule has 0 fully saturated rings. The molecule has 2 aromatic rings. The maximum Gasteiger partial charge on any atom is 0.106 e. The van der Waals surface area contributed by atoms with E-state index in [1.165, 1.54) is 0 Å². The topological polar surface area (TPSA) is 58.9 Å². The Morgan fingerprint density at radius 2 is 1.00 bits per heavy atom. The Balaban J connectivity index is 2.15. The molecule has 110 valence electrons. The highest BCUT2D eigenvalue weighted by Crippen LogP contribution is 2.28. The number of nitrogens with zero attached hydrogens (tertiary/aromatic N) is 2. The number of rotatable bonds is 7. The van der Waals surface area contributed by atoms with Crippen molar-refractivity contribution in [1.82, 2.24) is 0 Å². The summed E-state index contributed by atoms with van der Waals surface area (Å²) in [5.74, 6) is 0. The van der Waals surface area contributed by atoms with Crippen LogP contribution in [0.15, 0.2) is 72.0 Å². The third-order valence-corrected chi connectivity index (χ3v) is 3.46. The first-order chi connectivity index (χ1) is 10.7. The lowest BCUT2D eigenvalue weighted by molar-refractivity contribution is 1.05. The van der Waals surface area contributed by atoms with Crippen LogP contribution in [0.25, 0.3) is 11.1 Å². The molecule has 0 radical (unpaired) electrons. The van der Waals surface area contributed by atoms with E-state index in [4.69, 9.17) is 0 Å². The van der Waals surface area contributed by atoms with E-state index in [2.05, 4.69) is 23.5 Å². The first kappa shape index (κ1) is 15.5. The average Bonchev–Trinajstić information content (AvgIpc) is 2.55. The second-order valence-electron chi connectivity index (χ2n) is 4.93. The fourth-order valence-corrected chi connectivity index (χ4v) is 2.12. The van der Waals surface area contributed by atoms with Gasteiger partial charge in [-0.05, 0) is 33.4 Å². The average molecular weight is 292 g/mol. The van der Waals surface area contributed by atoms with E-state index < -0.39 is 0 Å². The summed E-state index contributed by atoms with van der Waals surface area (Å²) in [5.41, 5.74) is 5.24. The summed E-state index contributed by atoms with van der Waals surface area (Å²) in [5, 5.41) is 5.73. The van der Waals surface area contributed by atoms with Crippen molar-refractivity contribution >= 4 is 11.1 Å². The van der Waals surface area contributed by atoms with Crippen LogP contribution in [0.1, 0.15) is 22.3 Å². The van der Waals surface area contributed by atoms with Crippen LogP contribution < -0.4 is 0 Å². The number of hydrogen-bond donors (Lipinski definition) is 0. The molecule has 0 saturated carbocycles. The Hall–Kier alpha value is -2.88. The molecular formula is C18H16N2O2. The van der Waals surface area contributed by atoms with Gasteiger partial charge in [-0.25, -0.2) is 0 Å². The number of hydrogen-bond acceptors (Lipinski definition) is 4. The van der Waals surface area contributed by atoms with Gasteiger partial charge >= 0.3 is 0 Å². The van der Waals surface area contributed by atoms with E-state index in [1.807, 2.05) is 48.5 Å². The monoisotopic (exact) mass is 292 g/mol. The Morgan fingerprint density at radius 1 is 0.682 bits per heavy atom. The summed E-state index contributed by atoms with van der Waals surface area (Å²) in [6.45, 7) is 8.50. The maximum atomic E-state index is 10.3. The molecule has 0 heterocycles. The first-order valence-electron chi connectivity index (χ1n) is 6.80. The van der Waals surface area contributed by atoms with Gasteiger partial charge in [0.25, 0.3) is 0 Å². The summed E-state index contributed by atoms with van der Waals surface area (Å²) in [4.78, 5) is 20.5. The number of nitroso groups, excluding NO2 is 2. The van der Waals surface area contributed by atoms with Gasteiger partial charge in [0.05, 0.1) is 0 Å². The smallest absolute Gasteiger partial charge is 0.106 e. The molecule has 0 unspecified atom stereocenters. The van der Waals surface area contributed by atoms with Crippen molar-refractivity contribution in [2.24, 2.45) is 10.4 Å². The van der Waals surface area contributed by atoms with Crippen molar-refractivity contribution in [2.75, 3.05) is 0 Å². The summed E-state index contributed by atoms with van der Waals surface area (Å²) < 4.78 is 0. The highest BCUT2D eigenvalue weighted by molar-refractivity contribution is 6.02. The molecule has 0 atom stereocenters. The molecule has 0 aromatic heterocycles. The van der Waals surface area contributed by atoms with E-state index >= 15 is 0 Å². The predicted octanol–water partition coefficient (Wildman–Crippen LogP) is 4.95. The standard InChI is InChI=1S/C18H16N2O2/c1-13(17-7-3-15(4-8-17)11-19-21)14(2)18-9-5-16(6-10-18)12-20-22/h3-10H,1-2,11-12H2. The molecule has 0 saturated heterocycles. The lowest BCUT2D eigenvalue weighted by Crippen LogP contribution is -1.90. The van der Waals surface area contributed by atoms with Crippen LogP contribution in [0.5, 0.6) is 0 Å². The van der Waals surface area contributed by atoms with Crippen molar-refractivity contribution in [3.05, 3.63) is 93.8 Å². The molecule has 0 aliphatic rings. The largest absolute Gasteiger partial charge is 0.150 e. The minimum atomic E-state index is 0.167. The third-order valence-electron chi connectivity index (χ3n) is 3.46. The molecule has 0 aliphatic carbocycles. The summed E-state index contributed by atoms with van der Waals surface area (Å²) in [7, 11) is 0. The summed E-state index contributed by atoms with van der Waals surface area (Å²) in [6, 6.07) is 15.0. The molecule has 4 nitrogen and oxygen atoms in total. The van der Waals surface area contributed by atoms with Gasteiger partial charge in [0.1, 0.15) is 13.1 Å². The van der Waals surface area contributed by atoms with Crippen LogP contribution >= 0.6 is 0 Å². The molecule has 2 aromatic carbocycles. The van der Waals surface area contributed by atoms with Gasteiger partial charge in [-0.15, -0.1) is 0 Å². The zero-order valence-corrected chi connectivity index (χ0v) is 12.2.